The molecule has 150 valence electrons. The van der Waals surface area contributed by atoms with Gasteiger partial charge in [0.25, 0.3) is 11.6 Å². The standard InChI is InChI=1S/C21H21N3O4S/c1-2-3-4-5-14-6-8-16(9-7-14)22-21(29)23-20(25)19-13-15-12-17(24(26)27)10-11-18(15)28-19/h6-13H,2-5H2,1H3,(H2,22,23,25,29). The van der Waals surface area contributed by atoms with Crippen molar-refractivity contribution in [3.05, 3.63) is 70.0 Å². The lowest BCUT2D eigenvalue weighted by atomic mass is 10.1. The smallest absolute Gasteiger partial charge is 0.293 e. The summed E-state index contributed by atoms with van der Waals surface area (Å²) in [6.07, 6.45) is 4.61. The number of nitrogens with one attached hydrogen (secondary N) is 2. The summed E-state index contributed by atoms with van der Waals surface area (Å²) in [6, 6.07) is 13.5. The number of amides is 1. The molecule has 1 heterocycles. The zero-order valence-corrected chi connectivity index (χ0v) is 16.8. The van der Waals surface area contributed by atoms with E-state index in [2.05, 4.69) is 17.6 Å². The summed E-state index contributed by atoms with van der Waals surface area (Å²) in [5.41, 5.74) is 2.35. The number of aryl methyl sites for hydroxylation is 1. The Labute approximate surface area is 173 Å². The van der Waals surface area contributed by atoms with Crippen molar-refractivity contribution in [2.24, 2.45) is 0 Å². The normalized spacial score (nSPS) is 10.7. The number of nitrogens with zero attached hydrogens (tertiary/aromatic N) is 1. The minimum absolute atomic E-state index is 0.0240. The molecule has 3 aromatic rings. The van der Waals surface area contributed by atoms with Gasteiger partial charge in [-0.1, -0.05) is 31.9 Å². The third-order valence-electron chi connectivity index (χ3n) is 4.44. The number of nitro benzene ring substituents is 1. The summed E-state index contributed by atoms with van der Waals surface area (Å²) in [6.45, 7) is 2.18. The fourth-order valence-electron chi connectivity index (χ4n) is 2.92. The highest BCUT2D eigenvalue weighted by molar-refractivity contribution is 7.80. The van der Waals surface area contributed by atoms with E-state index in [1.54, 1.807) is 0 Å². The number of thiocarbonyl (C=S) groups is 1. The second-order valence-electron chi connectivity index (χ2n) is 6.65. The predicted octanol–water partition coefficient (Wildman–Crippen LogP) is 5.20. The highest BCUT2D eigenvalue weighted by Crippen LogP contribution is 2.24. The van der Waals surface area contributed by atoms with Crippen LogP contribution in [0, 0.1) is 10.1 Å². The molecule has 7 nitrogen and oxygen atoms in total. The van der Waals surface area contributed by atoms with Crippen LogP contribution in [-0.4, -0.2) is 15.9 Å². The van der Waals surface area contributed by atoms with Gasteiger partial charge in [-0.05, 0) is 54.9 Å². The van der Waals surface area contributed by atoms with Gasteiger partial charge in [-0.25, -0.2) is 0 Å². The first-order chi connectivity index (χ1) is 14.0. The molecule has 1 amide bonds. The minimum atomic E-state index is -0.530. The second kappa shape index (κ2) is 9.29. The zero-order chi connectivity index (χ0) is 20.8. The molecule has 0 spiro atoms. The van der Waals surface area contributed by atoms with Crippen LogP contribution in [0.25, 0.3) is 11.0 Å². The molecule has 1 aromatic heterocycles. The van der Waals surface area contributed by atoms with E-state index in [0.29, 0.717) is 11.0 Å². The van der Waals surface area contributed by atoms with E-state index in [1.165, 1.54) is 49.1 Å². The molecule has 2 N–H and O–H groups in total. The van der Waals surface area contributed by atoms with Gasteiger partial charge in [-0.15, -0.1) is 0 Å². The van der Waals surface area contributed by atoms with Crippen molar-refractivity contribution in [1.29, 1.82) is 0 Å². The van der Waals surface area contributed by atoms with Crippen LogP contribution < -0.4 is 10.6 Å². The molecule has 0 atom stereocenters. The number of non-ortho nitro benzene ring substituents is 1. The van der Waals surface area contributed by atoms with E-state index in [4.69, 9.17) is 16.6 Å². The summed E-state index contributed by atoms with van der Waals surface area (Å²) < 4.78 is 5.46. The van der Waals surface area contributed by atoms with E-state index in [9.17, 15) is 14.9 Å². The zero-order valence-electron chi connectivity index (χ0n) is 15.9. The minimum Gasteiger partial charge on any atom is -0.451 e. The first-order valence-corrected chi connectivity index (χ1v) is 9.76. The highest BCUT2D eigenvalue weighted by Gasteiger charge is 2.16. The molecule has 29 heavy (non-hydrogen) atoms. The van der Waals surface area contributed by atoms with Crippen molar-refractivity contribution in [1.82, 2.24) is 5.32 Å². The van der Waals surface area contributed by atoms with Crippen LogP contribution in [0.4, 0.5) is 11.4 Å². The van der Waals surface area contributed by atoms with Gasteiger partial charge in [-0.2, -0.15) is 0 Å². The number of carbonyl (C=O) groups is 1. The van der Waals surface area contributed by atoms with Crippen molar-refractivity contribution in [3.63, 3.8) is 0 Å². The number of hydrogen-bond donors (Lipinski definition) is 2. The molecular formula is C21H21N3O4S. The Morgan fingerprint density at radius 1 is 1.14 bits per heavy atom. The van der Waals surface area contributed by atoms with Crippen LogP contribution >= 0.6 is 12.2 Å². The molecule has 3 rings (SSSR count). The lowest BCUT2D eigenvalue weighted by Crippen LogP contribution is -2.33. The van der Waals surface area contributed by atoms with Gasteiger partial charge in [-0.3, -0.25) is 20.2 Å². The fourth-order valence-corrected chi connectivity index (χ4v) is 3.13. The van der Waals surface area contributed by atoms with E-state index in [0.717, 1.165) is 12.1 Å². The monoisotopic (exact) mass is 411 g/mol. The van der Waals surface area contributed by atoms with Gasteiger partial charge in [0.15, 0.2) is 10.9 Å². The van der Waals surface area contributed by atoms with E-state index in [-0.39, 0.29) is 16.6 Å². The van der Waals surface area contributed by atoms with Crippen molar-refractivity contribution in [2.45, 2.75) is 32.6 Å². The van der Waals surface area contributed by atoms with Gasteiger partial charge in [0.05, 0.1) is 4.92 Å². The van der Waals surface area contributed by atoms with Crippen LogP contribution in [0.5, 0.6) is 0 Å². The van der Waals surface area contributed by atoms with Gasteiger partial charge < -0.3 is 9.73 Å². The molecule has 0 fully saturated rings. The van der Waals surface area contributed by atoms with Crippen molar-refractivity contribution in [2.75, 3.05) is 5.32 Å². The first kappa shape index (κ1) is 20.5. The topological polar surface area (TPSA) is 97.4 Å². The van der Waals surface area contributed by atoms with Crippen LogP contribution in [0.2, 0.25) is 0 Å². The molecule has 0 bridgehead atoms. The summed E-state index contributed by atoms with van der Waals surface area (Å²) in [7, 11) is 0. The van der Waals surface area contributed by atoms with Crippen LogP contribution in [0.15, 0.2) is 52.9 Å². The lowest BCUT2D eigenvalue weighted by molar-refractivity contribution is -0.384. The van der Waals surface area contributed by atoms with Crippen molar-refractivity contribution >= 4 is 45.6 Å². The average Bonchev–Trinajstić information content (AvgIpc) is 3.13. The number of unbranched alkanes of at least 4 members (excludes halogenated alkanes) is 2. The number of nitro groups is 1. The molecular weight excluding hydrogens is 390 g/mol. The molecule has 0 aliphatic heterocycles. The average molecular weight is 411 g/mol. The number of carbonyl (C=O) groups excluding carboxylic acids is 1. The lowest BCUT2D eigenvalue weighted by Gasteiger charge is -2.09. The van der Waals surface area contributed by atoms with Gasteiger partial charge in [0.1, 0.15) is 5.58 Å². The van der Waals surface area contributed by atoms with Gasteiger partial charge in [0, 0.05) is 23.2 Å². The molecule has 0 saturated carbocycles. The third-order valence-corrected chi connectivity index (χ3v) is 4.65. The summed E-state index contributed by atoms with van der Waals surface area (Å²) in [5, 5.41) is 17.0. The Morgan fingerprint density at radius 2 is 1.90 bits per heavy atom. The summed E-state index contributed by atoms with van der Waals surface area (Å²) >= 11 is 5.19. The fraction of sp³-hybridized carbons (Fsp3) is 0.238. The van der Waals surface area contributed by atoms with E-state index < -0.39 is 10.8 Å². The van der Waals surface area contributed by atoms with Crippen LogP contribution in [0.1, 0.15) is 42.3 Å². The Balaban J connectivity index is 1.59. The number of rotatable bonds is 7. The van der Waals surface area contributed by atoms with Crippen LogP contribution in [-0.2, 0) is 6.42 Å². The Kier molecular flexibility index (Phi) is 6.56. The SMILES string of the molecule is CCCCCc1ccc(NC(=S)NC(=O)c2cc3cc([N+](=O)[O-])ccc3o2)cc1. The molecule has 0 aliphatic carbocycles. The van der Waals surface area contributed by atoms with Gasteiger partial charge >= 0.3 is 0 Å². The van der Waals surface area contributed by atoms with Crippen molar-refractivity contribution in [3.8, 4) is 0 Å². The molecule has 0 unspecified atom stereocenters. The number of benzene rings is 2. The maximum atomic E-state index is 12.4. The third kappa shape index (κ3) is 5.39. The van der Waals surface area contributed by atoms with Gasteiger partial charge in [0.2, 0.25) is 0 Å². The number of anilines is 1. The molecule has 0 saturated heterocycles. The predicted molar refractivity (Wildman–Crippen MR) is 116 cm³/mol. The number of hydrogen-bond acceptors (Lipinski definition) is 5. The van der Waals surface area contributed by atoms with Crippen LogP contribution in [0.3, 0.4) is 0 Å². The van der Waals surface area contributed by atoms with Crippen molar-refractivity contribution < 1.29 is 14.1 Å². The Morgan fingerprint density at radius 3 is 2.59 bits per heavy atom. The van der Waals surface area contributed by atoms with E-state index >= 15 is 0 Å². The number of fused-ring (bicyclic) bond motifs is 1. The highest BCUT2D eigenvalue weighted by atomic mass is 32.1. The summed E-state index contributed by atoms with van der Waals surface area (Å²) in [5.74, 6) is -0.506. The Hall–Kier alpha value is -3.26. The molecule has 0 radical (unpaired) electrons. The number of furan rings is 1. The second-order valence-corrected chi connectivity index (χ2v) is 7.06. The maximum Gasteiger partial charge on any atom is 0.293 e. The molecule has 2 aromatic carbocycles. The molecule has 8 heteroatoms. The first-order valence-electron chi connectivity index (χ1n) is 9.35. The maximum absolute atomic E-state index is 12.4. The summed E-state index contributed by atoms with van der Waals surface area (Å²) in [4.78, 5) is 22.7. The Bertz CT molecular complexity index is 1040. The van der Waals surface area contributed by atoms with E-state index in [1.807, 2.05) is 24.3 Å². The molecule has 0 aliphatic rings. The largest absolute Gasteiger partial charge is 0.451 e. The quantitative estimate of drug-likeness (QED) is 0.240.